The van der Waals surface area contributed by atoms with Crippen LogP contribution in [0.2, 0.25) is 0 Å². The average Bonchev–Trinajstić information content (AvgIpc) is 2.27. The molecule has 0 aromatic rings. The zero-order chi connectivity index (χ0) is 11.5. The van der Waals surface area contributed by atoms with E-state index in [2.05, 4.69) is 56.5 Å². The zero-order valence-corrected chi connectivity index (χ0v) is 10.5. The molecule has 1 heteroatoms. The highest BCUT2D eigenvalue weighted by molar-refractivity contribution is 5.30. The molecule has 2 unspecified atom stereocenters. The van der Waals surface area contributed by atoms with E-state index in [0.717, 1.165) is 12.8 Å². The number of hydrogen-bond donors (Lipinski definition) is 1. The second-order valence-corrected chi connectivity index (χ2v) is 5.06. The molecular weight excluding hydrogens is 194 g/mol. The smallest absolute Gasteiger partial charge is 0.0338 e. The highest BCUT2D eigenvalue weighted by atomic mass is 14.9. The number of hydrogen-bond acceptors (Lipinski definition) is 1. The Bertz CT molecular complexity index is 382. The summed E-state index contributed by atoms with van der Waals surface area (Å²) in [5, 5.41) is 3.52. The van der Waals surface area contributed by atoms with Crippen molar-refractivity contribution < 1.29 is 0 Å². The molecule has 0 aromatic heterocycles. The molecule has 0 saturated heterocycles. The first kappa shape index (κ1) is 11.3. The summed E-state index contributed by atoms with van der Waals surface area (Å²) < 4.78 is 0. The van der Waals surface area contributed by atoms with Crippen LogP contribution < -0.4 is 5.32 Å². The number of allylic oxidation sites excluding steroid dienone is 7. The highest BCUT2D eigenvalue weighted by Crippen LogP contribution is 2.24. The molecule has 0 bridgehead atoms. The molecule has 2 rings (SSSR count). The molecule has 2 atom stereocenters. The van der Waals surface area contributed by atoms with Crippen molar-refractivity contribution in [2.45, 2.75) is 33.6 Å². The van der Waals surface area contributed by atoms with E-state index in [1.165, 1.54) is 17.0 Å². The van der Waals surface area contributed by atoms with Gasteiger partial charge in [0.1, 0.15) is 0 Å². The maximum Gasteiger partial charge on any atom is 0.0338 e. The van der Waals surface area contributed by atoms with Crippen molar-refractivity contribution in [3.63, 3.8) is 0 Å². The van der Waals surface area contributed by atoms with Gasteiger partial charge < -0.3 is 5.32 Å². The Morgan fingerprint density at radius 3 is 2.69 bits per heavy atom. The second-order valence-electron chi connectivity index (χ2n) is 5.06. The third-order valence-electron chi connectivity index (χ3n) is 3.47. The van der Waals surface area contributed by atoms with Gasteiger partial charge in [0.2, 0.25) is 0 Å². The van der Waals surface area contributed by atoms with E-state index >= 15 is 0 Å². The van der Waals surface area contributed by atoms with Crippen LogP contribution in [0.4, 0.5) is 0 Å². The first-order valence-corrected chi connectivity index (χ1v) is 6.18. The summed E-state index contributed by atoms with van der Waals surface area (Å²) in [6.45, 7) is 6.74. The molecule has 2 aliphatic carbocycles. The number of nitrogens with one attached hydrogen (secondary N) is 1. The van der Waals surface area contributed by atoms with Crippen molar-refractivity contribution in [2.24, 2.45) is 11.8 Å². The third-order valence-corrected chi connectivity index (χ3v) is 3.47. The topological polar surface area (TPSA) is 12.0 Å². The van der Waals surface area contributed by atoms with Crippen LogP contribution in [-0.2, 0) is 0 Å². The molecule has 0 amide bonds. The quantitative estimate of drug-likeness (QED) is 0.736. The van der Waals surface area contributed by atoms with Crippen molar-refractivity contribution >= 4 is 0 Å². The van der Waals surface area contributed by atoms with E-state index in [1.807, 2.05) is 0 Å². The molecule has 0 heterocycles. The molecule has 0 aromatic carbocycles. The van der Waals surface area contributed by atoms with Crippen LogP contribution >= 0.6 is 0 Å². The lowest BCUT2D eigenvalue weighted by Crippen LogP contribution is -2.17. The lowest BCUT2D eigenvalue weighted by Gasteiger charge is -2.22. The van der Waals surface area contributed by atoms with Gasteiger partial charge in [0.05, 0.1) is 0 Å². The molecule has 2 aliphatic rings. The third kappa shape index (κ3) is 2.66. The summed E-state index contributed by atoms with van der Waals surface area (Å²) in [7, 11) is 0. The first-order valence-electron chi connectivity index (χ1n) is 6.18. The van der Waals surface area contributed by atoms with Crippen molar-refractivity contribution in [2.75, 3.05) is 0 Å². The minimum atomic E-state index is 0.666. The van der Waals surface area contributed by atoms with Crippen molar-refractivity contribution in [1.82, 2.24) is 5.32 Å². The molecule has 16 heavy (non-hydrogen) atoms. The molecule has 1 N–H and O–H groups in total. The van der Waals surface area contributed by atoms with Gasteiger partial charge in [-0.2, -0.15) is 0 Å². The molecule has 0 radical (unpaired) electrons. The molecule has 0 spiro atoms. The lowest BCUT2D eigenvalue weighted by atomic mass is 9.92. The average molecular weight is 215 g/mol. The SMILES string of the molecule is CC1=CC=C(NC2=CCC(C)C=C2)CC1C. The summed E-state index contributed by atoms with van der Waals surface area (Å²) in [5.74, 6) is 1.35. The van der Waals surface area contributed by atoms with Crippen LogP contribution in [0.5, 0.6) is 0 Å². The second kappa shape index (κ2) is 4.73. The van der Waals surface area contributed by atoms with Crippen LogP contribution in [0.15, 0.2) is 47.3 Å². The van der Waals surface area contributed by atoms with E-state index in [4.69, 9.17) is 0 Å². The predicted molar refractivity (Wildman–Crippen MR) is 69.8 cm³/mol. The Morgan fingerprint density at radius 2 is 2.06 bits per heavy atom. The maximum atomic E-state index is 3.52. The van der Waals surface area contributed by atoms with Crippen LogP contribution in [0.3, 0.4) is 0 Å². The van der Waals surface area contributed by atoms with Crippen LogP contribution in [0.1, 0.15) is 33.6 Å². The maximum absolute atomic E-state index is 3.52. The van der Waals surface area contributed by atoms with E-state index in [1.54, 1.807) is 0 Å². The van der Waals surface area contributed by atoms with Crippen molar-refractivity contribution in [1.29, 1.82) is 0 Å². The van der Waals surface area contributed by atoms with Gasteiger partial charge in [-0.1, -0.05) is 37.6 Å². The predicted octanol–water partition coefficient (Wildman–Crippen LogP) is 3.93. The lowest BCUT2D eigenvalue weighted by molar-refractivity contribution is 0.633. The summed E-state index contributed by atoms with van der Waals surface area (Å²) in [6, 6.07) is 0. The van der Waals surface area contributed by atoms with Gasteiger partial charge in [0.25, 0.3) is 0 Å². The van der Waals surface area contributed by atoms with Gasteiger partial charge in [-0.25, -0.2) is 0 Å². The van der Waals surface area contributed by atoms with Crippen LogP contribution in [0.25, 0.3) is 0 Å². The van der Waals surface area contributed by atoms with Gasteiger partial charge in [0, 0.05) is 11.4 Å². The Balaban J connectivity index is 1.99. The molecule has 0 fully saturated rings. The van der Waals surface area contributed by atoms with Gasteiger partial charge in [-0.05, 0) is 43.8 Å². The fourth-order valence-electron chi connectivity index (χ4n) is 2.05. The Morgan fingerprint density at radius 1 is 1.25 bits per heavy atom. The summed E-state index contributed by atoms with van der Waals surface area (Å²) in [5.41, 5.74) is 4.07. The van der Waals surface area contributed by atoms with Crippen molar-refractivity contribution in [3.05, 3.63) is 47.3 Å². The van der Waals surface area contributed by atoms with Gasteiger partial charge in [-0.3, -0.25) is 0 Å². The van der Waals surface area contributed by atoms with E-state index in [0.29, 0.717) is 11.8 Å². The molecule has 1 nitrogen and oxygen atoms in total. The van der Waals surface area contributed by atoms with Crippen molar-refractivity contribution in [3.8, 4) is 0 Å². The molecular formula is C15H21N. The van der Waals surface area contributed by atoms with E-state index in [-0.39, 0.29) is 0 Å². The van der Waals surface area contributed by atoms with Crippen LogP contribution in [-0.4, -0.2) is 0 Å². The van der Waals surface area contributed by atoms with Crippen LogP contribution in [0, 0.1) is 11.8 Å². The Kier molecular flexibility index (Phi) is 3.33. The fourth-order valence-corrected chi connectivity index (χ4v) is 2.05. The largest absolute Gasteiger partial charge is 0.359 e. The molecule has 0 aliphatic heterocycles. The van der Waals surface area contributed by atoms with E-state index < -0.39 is 0 Å². The molecule has 0 saturated carbocycles. The normalized spacial score (nSPS) is 29.3. The Labute approximate surface area is 98.6 Å². The minimum Gasteiger partial charge on any atom is -0.359 e. The zero-order valence-electron chi connectivity index (χ0n) is 10.5. The number of rotatable bonds is 2. The molecule has 86 valence electrons. The highest BCUT2D eigenvalue weighted by Gasteiger charge is 2.12. The minimum absolute atomic E-state index is 0.666. The fraction of sp³-hybridized carbons (Fsp3) is 0.467. The summed E-state index contributed by atoms with van der Waals surface area (Å²) >= 11 is 0. The van der Waals surface area contributed by atoms with Gasteiger partial charge in [0.15, 0.2) is 0 Å². The summed E-state index contributed by atoms with van der Waals surface area (Å²) in [4.78, 5) is 0. The first-order chi connectivity index (χ1) is 7.65. The monoisotopic (exact) mass is 215 g/mol. The summed E-state index contributed by atoms with van der Waals surface area (Å²) in [6.07, 6.45) is 13.5. The standard InChI is InChI=1S/C15H21N/c1-11-4-7-14(8-5-11)16-15-9-6-12(2)13(3)10-15/h4,6-9,11,13,16H,5,10H2,1-3H3. The van der Waals surface area contributed by atoms with Gasteiger partial charge in [-0.15, -0.1) is 0 Å². The van der Waals surface area contributed by atoms with E-state index in [9.17, 15) is 0 Å². The van der Waals surface area contributed by atoms with Gasteiger partial charge >= 0.3 is 0 Å². The Hall–Kier alpha value is -1.24.